The average molecular weight is 340 g/mol. The average Bonchev–Trinajstić information content (AvgIpc) is 2.52. The van der Waals surface area contributed by atoms with Gasteiger partial charge in [0.25, 0.3) is 0 Å². The molecule has 3 aromatic rings. The van der Waals surface area contributed by atoms with E-state index in [-0.39, 0.29) is 6.07 Å². The molecule has 3 aromatic carbocycles. The van der Waals surface area contributed by atoms with Crippen molar-refractivity contribution in [2.75, 3.05) is 0 Å². The number of hydrogen-bond acceptors (Lipinski definition) is 0. The first kappa shape index (κ1) is 15.4. The van der Waals surface area contributed by atoms with Crippen molar-refractivity contribution in [2.45, 2.75) is 0 Å². The molecule has 0 bridgehead atoms. The zero-order valence-electron chi connectivity index (χ0n) is 10.5. The summed E-state index contributed by atoms with van der Waals surface area (Å²) in [5.74, 6) is -20.1. The molecule has 0 saturated heterocycles. The second kappa shape index (κ2) is 4.77. The van der Waals surface area contributed by atoms with E-state index in [0.29, 0.717) is 0 Å². The summed E-state index contributed by atoms with van der Waals surface area (Å²) >= 11 is 0. The minimum atomic E-state index is -2.46. The lowest BCUT2D eigenvalue weighted by Gasteiger charge is -2.12. The Morgan fingerprint density at radius 2 is 0.826 bits per heavy atom. The molecule has 0 amide bonds. The van der Waals surface area contributed by atoms with E-state index in [0.717, 1.165) is 0 Å². The highest BCUT2D eigenvalue weighted by Crippen LogP contribution is 2.38. The van der Waals surface area contributed by atoms with Crippen molar-refractivity contribution in [1.82, 2.24) is 0 Å². The normalized spacial score (nSPS) is 11.7. The van der Waals surface area contributed by atoms with Gasteiger partial charge in [-0.15, -0.1) is 0 Å². The molecule has 0 radical (unpaired) electrons. The van der Waals surface area contributed by atoms with Crippen LogP contribution in [0.25, 0.3) is 21.5 Å². The summed E-state index contributed by atoms with van der Waals surface area (Å²) in [6.45, 7) is 0. The molecule has 0 nitrogen and oxygen atoms in total. The second-order valence-corrected chi connectivity index (χ2v) is 4.54. The van der Waals surface area contributed by atoms with E-state index in [2.05, 4.69) is 0 Å². The van der Waals surface area contributed by atoms with Crippen LogP contribution in [0.1, 0.15) is 0 Å². The summed E-state index contributed by atoms with van der Waals surface area (Å²) in [6, 6.07) is -0.00972. The van der Waals surface area contributed by atoms with Gasteiger partial charge in [-0.1, -0.05) is 0 Å². The molecule has 0 heterocycles. The minimum absolute atomic E-state index is 0.00972. The predicted molar refractivity (Wildman–Crippen MR) is 61.1 cm³/mol. The second-order valence-electron chi connectivity index (χ2n) is 4.54. The van der Waals surface area contributed by atoms with Gasteiger partial charge in [-0.3, -0.25) is 0 Å². The fourth-order valence-electron chi connectivity index (χ4n) is 2.31. The van der Waals surface area contributed by atoms with Crippen LogP contribution in [0.4, 0.5) is 39.5 Å². The molecule has 23 heavy (non-hydrogen) atoms. The maximum Gasteiger partial charge on any atom is 0.198 e. The molecular weight excluding hydrogens is 339 g/mol. The topological polar surface area (TPSA) is 0 Å². The van der Waals surface area contributed by atoms with Gasteiger partial charge >= 0.3 is 0 Å². The molecule has 0 atom stereocenters. The Morgan fingerprint density at radius 3 is 1.39 bits per heavy atom. The molecule has 120 valence electrons. The number of rotatable bonds is 0. The molecule has 0 aliphatic heterocycles. The lowest BCUT2D eigenvalue weighted by atomic mass is 9.98. The lowest BCUT2D eigenvalue weighted by Crippen LogP contribution is -2.05. The van der Waals surface area contributed by atoms with E-state index < -0.39 is 73.9 Å². The van der Waals surface area contributed by atoms with Crippen LogP contribution in [0.15, 0.2) is 6.07 Å². The van der Waals surface area contributed by atoms with Crippen LogP contribution in [-0.2, 0) is 0 Å². The number of benzene rings is 3. The zero-order valence-corrected chi connectivity index (χ0v) is 10.5. The Balaban J connectivity index is 2.82. The first-order chi connectivity index (χ1) is 10.7. The first-order valence-corrected chi connectivity index (χ1v) is 5.78. The quantitative estimate of drug-likeness (QED) is 0.227. The zero-order chi connectivity index (χ0) is 17.2. The van der Waals surface area contributed by atoms with Gasteiger partial charge in [-0.05, 0) is 6.07 Å². The van der Waals surface area contributed by atoms with E-state index in [1.54, 1.807) is 0 Å². The third-order valence-electron chi connectivity index (χ3n) is 3.33. The molecular formula is C14HF9. The Hall–Kier alpha value is -2.45. The van der Waals surface area contributed by atoms with Gasteiger partial charge < -0.3 is 0 Å². The number of hydrogen-bond donors (Lipinski definition) is 0. The van der Waals surface area contributed by atoms with Crippen molar-refractivity contribution in [3.63, 3.8) is 0 Å². The van der Waals surface area contributed by atoms with Gasteiger partial charge in [0.15, 0.2) is 52.4 Å². The smallest absolute Gasteiger partial charge is 0.198 e. The van der Waals surface area contributed by atoms with Crippen molar-refractivity contribution in [2.24, 2.45) is 0 Å². The fraction of sp³-hybridized carbons (Fsp3) is 0. The van der Waals surface area contributed by atoms with Crippen molar-refractivity contribution in [3.8, 4) is 0 Å². The van der Waals surface area contributed by atoms with E-state index in [9.17, 15) is 39.5 Å². The largest absolute Gasteiger partial charge is 0.204 e. The van der Waals surface area contributed by atoms with E-state index in [1.807, 2.05) is 0 Å². The summed E-state index contributed by atoms with van der Waals surface area (Å²) in [4.78, 5) is 0. The van der Waals surface area contributed by atoms with E-state index in [4.69, 9.17) is 0 Å². The molecule has 9 heteroatoms. The molecule has 0 aromatic heterocycles. The number of halogens is 9. The summed E-state index contributed by atoms with van der Waals surface area (Å²) in [5, 5.41) is -6.08. The van der Waals surface area contributed by atoms with Crippen LogP contribution in [0.5, 0.6) is 0 Å². The van der Waals surface area contributed by atoms with Gasteiger partial charge in [-0.25, -0.2) is 39.5 Å². The Morgan fingerprint density at radius 1 is 0.391 bits per heavy atom. The first-order valence-electron chi connectivity index (χ1n) is 5.78. The van der Waals surface area contributed by atoms with Crippen molar-refractivity contribution >= 4 is 21.5 Å². The highest BCUT2D eigenvalue weighted by atomic mass is 19.2. The summed E-state index contributed by atoms with van der Waals surface area (Å²) < 4.78 is 122. The van der Waals surface area contributed by atoms with Gasteiger partial charge in [0, 0.05) is 16.2 Å². The molecule has 0 aliphatic carbocycles. The molecule has 0 saturated carbocycles. The van der Waals surface area contributed by atoms with Crippen LogP contribution in [-0.4, -0.2) is 0 Å². The molecule has 3 rings (SSSR count). The van der Waals surface area contributed by atoms with Crippen LogP contribution in [0.3, 0.4) is 0 Å². The summed E-state index contributed by atoms with van der Waals surface area (Å²) in [5.41, 5.74) is 0. The minimum Gasteiger partial charge on any atom is -0.204 e. The van der Waals surface area contributed by atoms with Crippen LogP contribution >= 0.6 is 0 Å². The van der Waals surface area contributed by atoms with Gasteiger partial charge in [0.1, 0.15) is 0 Å². The molecule has 0 aliphatic rings. The van der Waals surface area contributed by atoms with Crippen LogP contribution in [0.2, 0.25) is 0 Å². The van der Waals surface area contributed by atoms with Gasteiger partial charge in [0.05, 0.1) is 5.39 Å². The maximum absolute atomic E-state index is 13.8. The van der Waals surface area contributed by atoms with E-state index >= 15 is 0 Å². The fourth-order valence-corrected chi connectivity index (χ4v) is 2.31. The van der Waals surface area contributed by atoms with Crippen molar-refractivity contribution in [3.05, 3.63) is 58.4 Å². The van der Waals surface area contributed by atoms with Crippen LogP contribution in [0, 0.1) is 52.4 Å². The molecule has 0 N–H and O–H groups in total. The van der Waals surface area contributed by atoms with Crippen LogP contribution < -0.4 is 0 Å². The highest BCUT2D eigenvalue weighted by Gasteiger charge is 2.30. The lowest BCUT2D eigenvalue weighted by molar-refractivity contribution is 0.414. The molecule has 0 unspecified atom stereocenters. The standard InChI is InChI=1S/C14HF9/c15-3-1-2-4(9(18)8(3)17)5-6(11(20)7(2)16)12(21)14(23)13(22)10(5)19/h1H. The third kappa shape index (κ3) is 1.82. The van der Waals surface area contributed by atoms with Gasteiger partial charge in [0.2, 0.25) is 0 Å². The maximum atomic E-state index is 13.8. The Labute approximate surface area is 120 Å². The van der Waals surface area contributed by atoms with E-state index in [1.165, 1.54) is 0 Å². The SMILES string of the molecule is Fc1cc2c(F)c(F)c3c(F)c(F)c(F)c(F)c3c2c(F)c1F. The van der Waals surface area contributed by atoms with Gasteiger partial charge in [-0.2, -0.15) is 0 Å². The molecule has 0 fully saturated rings. The Kier molecular flexibility index (Phi) is 3.20. The molecule has 0 spiro atoms. The summed E-state index contributed by atoms with van der Waals surface area (Å²) in [7, 11) is 0. The third-order valence-corrected chi connectivity index (χ3v) is 3.33. The Bertz CT molecular complexity index is 1010. The summed E-state index contributed by atoms with van der Waals surface area (Å²) in [6.07, 6.45) is 0. The van der Waals surface area contributed by atoms with Crippen molar-refractivity contribution in [1.29, 1.82) is 0 Å². The highest BCUT2D eigenvalue weighted by molar-refractivity contribution is 6.09. The number of fused-ring (bicyclic) bond motifs is 3. The monoisotopic (exact) mass is 340 g/mol. The predicted octanol–water partition coefficient (Wildman–Crippen LogP) is 5.24. The van der Waals surface area contributed by atoms with Crippen molar-refractivity contribution < 1.29 is 39.5 Å².